The molecule has 2 aliphatic carbocycles. The molecule has 1 saturated carbocycles. The van der Waals surface area contributed by atoms with E-state index in [9.17, 15) is 17.6 Å². The Balaban J connectivity index is 1.09. The van der Waals surface area contributed by atoms with Crippen molar-refractivity contribution in [2.45, 2.75) is 68.0 Å². The number of hydrogen-bond donors (Lipinski definition) is 3. The van der Waals surface area contributed by atoms with Crippen LogP contribution < -0.4 is 15.4 Å². The maximum atomic E-state index is 13.6. The van der Waals surface area contributed by atoms with E-state index in [2.05, 4.69) is 15.4 Å². The molecule has 34 heavy (non-hydrogen) atoms. The lowest BCUT2D eigenvalue weighted by atomic mass is 9.79. The molecule has 2 aromatic carbocycles. The Bertz CT molecular complexity index is 1130. The van der Waals surface area contributed by atoms with Gasteiger partial charge in [-0.25, -0.2) is 17.5 Å². The van der Waals surface area contributed by atoms with Gasteiger partial charge in [0.15, 0.2) is 0 Å². The maximum absolute atomic E-state index is 13.6. The third-order valence-electron chi connectivity index (χ3n) is 7.77. The number of fused-ring (bicyclic) bond motifs is 3. The SMILES string of the molecule is O=C(NC1CC2c3ccc(F)cc3CCC2N1)C1CCC(CNS(=O)(=O)c2ccccc2)CC1. The molecular formula is C26H32FN3O3S. The Hall–Kier alpha value is -2.29. The Morgan fingerprint density at radius 3 is 2.56 bits per heavy atom. The molecule has 182 valence electrons. The van der Waals surface area contributed by atoms with E-state index in [0.29, 0.717) is 18.5 Å². The van der Waals surface area contributed by atoms with E-state index >= 15 is 0 Å². The Kier molecular flexibility index (Phi) is 6.73. The molecule has 6 nitrogen and oxygen atoms in total. The second-order valence-corrected chi connectivity index (χ2v) is 11.7. The van der Waals surface area contributed by atoms with Crippen molar-refractivity contribution in [3.8, 4) is 0 Å². The van der Waals surface area contributed by atoms with Gasteiger partial charge in [-0.2, -0.15) is 0 Å². The fraction of sp³-hybridized carbons (Fsp3) is 0.500. The lowest BCUT2D eigenvalue weighted by Crippen LogP contribution is -2.47. The molecule has 1 amide bonds. The Morgan fingerprint density at radius 1 is 1.03 bits per heavy atom. The van der Waals surface area contributed by atoms with E-state index in [1.54, 1.807) is 36.4 Å². The molecule has 8 heteroatoms. The van der Waals surface area contributed by atoms with Gasteiger partial charge in [0.25, 0.3) is 0 Å². The number of benzene rings is 2. The first-order chi connectivity index (χ1) is 16.4. The number of sulfonamides is 1. The molecule has 1 aliphatic heterocycles. The summed E-state index contributed by atoms with van der Waals surface area (Å²) in [5.41, 5.74) is 2.30. The lowest BCUT2D eigenvalue weighted by molar-refractivity contribution is -0.127. The fourth-order valence-corrected chi connectivity index (χ4v) is 7.02. The van der Waals surface area contributed by atoms with Crippen molar-refractivity contribution in [3.05, 3.63) is 65.5 Å². The zero-order valence-corrected chi connectivity index (χ0v) is 20.0. The summed E-state index contributed by atoms with van der Waals surface area (Å²) < 4.78 is 41.2. The quantitative estimate of drug-likeness (QED) is 0.585. The average Bonchev–Trinajstić information content (AvgIpc) is 3.26. The first-order valence-corrected chi connectivity index (χ1v) is 13.8. The smallest absolute Gasteiger partial charge is 0.240 e. The monoisotopic (exact) mass is 485 g/mol. The van der Waals surface area contributed by atoms with Crippen molar-refractivity contribution < 1.29 is 17.6 Å². The summed E-state index contributed by atoms with van der Waals surface area (Å²) in [6.07, 6.45) is 5.78. The van der Waals surface area contributed by atoms with Gasteiger partial charge in [0.1, 0.15) is 5.82 Å². The van der Waals surface area contributed by atoms with E-state index in [0.717, 1.165) is 50.5 Å². The second-order valence-electron chi connectivity index (χ2n) is 9.94. The molecule has 0 spiro atoms. The van der Waals surface area contributed by atoms with Crippen LogP contribution in [0.15, 0.2) is 53.4 Å². The van der Waals surface area contributed by atoms with Crippen LogP contribution in [0.1, 0.15) is 55.6 Å². The zero-order chi connectivity index (χ0) is 23.7. The third-order valence-corrected chi connectivity index (χ3v) is 9.21. The maximum Gasteiger partial charge on any atom is 0.240 e. The van der Waals surface area contributed by atoms with Gasteiger partial charge in [-0.05, 0) is 86.3 Å². The predicted octanol–water partition coefficient (Wildman–Crippen LogP) is 3.44. The van der Waals surface area contributed by atoms with Gasteiger partial charge in [-0.1, -0.05) is 24.3 Å². The molecule has 2 fully saturated rings. The molecular weight excluding hydrogens is 453 g/mol. The highest BCUT2D eigenvalue weighted by Gasteiger charge is 2.39. The van der Waals surface area contributed by atoms with Crippen molar-refractivity contribution in [3.63, 3.8) is 0 Å². The van der Waals surface area contributed by atoms with Gasteiger partial charge < -0.3 is 5.32 Å². The summed E-state index contributed by atoms with van der Waals surface area (Å²) in [7, 11) is -3.50. The van der Waals surface area contributed by atoms with E-state index < -0.39 is 10.0 Å². The molecule has 0 aromatic heterocycles. The molecule has 1 saturated heterocycles. The highest BCUT2D eigenvalue weighted by molar-refractivity contribution is 7.89. The van der Waals surface area contributed by atoms with Gasteiger partial charge in [0.2, 0.25) is 15.9 Å². The van der Waals surface area contributed by atoms with Gasteiger partial charge in [-0.3, -0.25) is 10.1 Å². The summed E-state index contributed by atoms with van der Waals surface area (Å²) in [5.74, 6) is 0.415. The van der Waals surface area contributed by atoms with Crippen molar-refractivity contribution in [1.29, 1.82) is 0 Å². The van der Waals surface area contributed by atoms with Crippen LogP contribution in [0.25, 0.3) is 0 Å². The number of halogens is 1. The van der Waals surface area contributed by atoms with Crippen molar-refractivity contribution in [1.82, 2.24) is 15.4 Å². The van der Waals surface area contributed by atoms with Crippen LogP contribution in [0.3, 0.4) is 0 Å². The predicted molar refractivity (Wildman–Crippen MR) is 128 cm³/mol. The minimum atomic E-state index is -3.50. The summed E-state index contributed by atoms with van der Waals surface area (Å²) in [5, 5.41) is 6.78. The van der Waals surface area contributed by atoms with E-state index in [1.165, 1.54) is 11.6 Å². The van der Waals surface area contributed by atoms with Crippen LogP contribution in [-0.4, -0.2) is 33.1 Å². The molecule has 3 aliphatic rings. The van der Waals surface area contributed by atoms with Gasteiger partial charge in [0, 0.05) is 24.4 Å². The van der Waals surface area contributed by atoms with Crippen LogP contribution in [0.4, 0.5) is 4.39 Å². The first-order valence-electron chi connectivity index (χ1n) is 12.3. The van der Waals surface area contributed by atoms with Crippen molar-refractivity contribution >= 4 is 15.9 Å². The molecule has 3 unspecified atom stereocenters. The van der Waals surface area contributed by atoms with Crippen LogP contribution in [0, 0.1) is 17.7 Å². The Morgan fingerprint density at radius 2 is 1.79 bits per heavy atom. The van der Waals surface area contributed by atoms with Gasteiger partial charge >= 0.3 is 0 Å². The number of amides is 1. The van der Waals surface area contributed by atoms with E-state index in [4.69, 9.17) is 0 Å². The standard InChI is InChI=1S/C26H32FN3O3S/c27-20-11-12-22-19(14-20)10-13-24-23(22)15-25(29-24)30-26(31)18-8-6-17(7-9-18)16-28-34(32,33)21-4-2-1-3-5-21/h1-5,11-12,14,17-18,23-25,28-29H,6-10,13,15-16H2,(H,30,31). The fourth-order valence-electron chi connectivity index (χ4n) is 5.88. The van der Waals surface area contributed by atoms with E-state index in [1.807, 2.05) is 6.07 Å². The highest BCUT2D eigenvalue weighted by Crippen LogP contribution is 2.39. The van der Waals surface area contributed by atoms with Crippen LogP contribution in [0.5, 0.6) is 0 Å². The Labute approximate surface area is 200 Å². The number of hydrogen-bond acceptors (Lipinski definition) is 4. The second kappa shape index (κ2) is 9.76. The molecule has 3 atom stereocenters. The van der Waals surface area contributed by atoms with Gasteiger partial charge in [0.05, 0.1) is 11.1 Å². The summed E-state index contributed by atoms with van der Waals surface area (Å²) >= 11 is 0. The minimum absolute atomic E-state index is 0.0345. The van der Waals surface area contributed by atoms with Crippen LogP contribution in [-0.2, 0) is 21.2 Å². The molecule has 2 aromatic rings. The topological polar surface area (TPSA) is 87.3 Å². The summed E-state index contributed by atoms with van der Waals surface area (Å²) in [6, 6.07) is 13.8. The van der Waals surface area contributed by atoms with Gasteiger partial charge in [-0.15, -0.1) is 0 Å². The minimum Gasteiger partial charge on any atom is -0.341 e. The molecule has 0 bridgehead atoms. The van der Waals surface area contributed by atoms with Crippen molar-refractivity contribution in [2.24, 2.45) is 11.8 Å². The number of aryl methyl sites for hydroxylation is 1. The van der Waals surface area contributed by atoms with E-state index in [-0.39, 0.29) is 34.6 Å². The highest BCUT2D eigenvalue weighted by atomic mass is 32.2. The largest absolute Gasteiger partial charge is 0.341 e. The van der Waals surface area contributed by atoms with Crippen LogP contribution in [0.2, 0.25) is 0 Å². The zero-order valence-electron chi connectivity index (χ0n) is 19.2. The summed E-state index contributed by atoms with van der Waals surface area (Å²) in [4.78, 5) is 13.2. The normalized spacial score (nSPS) is 28.7. The number of carbonyl (C=O) groups excluding carboxylic acids is 1. The van der Waals surface area contributed by atoms with Crippen molar-refractivity contribution in [2.75, 3.05) is 6.54 Å². The lowest BCUT2D eigenvalue weighted by Gasteiger charge is -2.29. The van der Waals surface area contributed by atoms with Crippen LogP contribution >= 0.6 is 0 Å². The molecule has 3 N–H and O–H groups in total. The number of nitrogens with one attached hydrogen (secondary N) is 3. The molecule has 0 radical (unpaired) electrons. The summed E-state index contributed by atoms with van der Waals surface area (Å²) in [6.45, 7) is 0.402. The first kappa shape index (κ1) is 23.5. The number of carbonyl (C=O) groups is 1. The third kappa shape index (κ3) is 5.04. The average molecular weight is 486 g/mol. The molecule has 1 heterocycles. The number of rotatable bonds is 6. The molecule has 5 rings (SSSR count).